The van der Waals surface area contributed by atoms with Crippen LogP contribution in [0.3, 0.4) is 0 Å². The van der Waals surface area contributed by atoms with Gasteiger partial charge in [-0.1, -0.05) is 24.3 Å². The number of nitrogens with one attached hydrogen (secondary N) is 2. The average molecular weight is 463 g/mol. The van der Waals surface area contributed by atoms with Gasteiger partial charge in [0.15, 0.2) is 6.61 Å². The standard InChI is InChI=1S/C26H26N2O6/c1-17-8-9-18(14-23(17)33-3)15-25(30)34-16-24(29)27-20-12-10-19(11-13-20)26(31)28-21-6-4-5-7-22(21)32-2/h4-14H,15-16H2,1-3H3,(H,27,29)(H,28,31). The normalized spacial score (nSPS) is 10.2. The second-order valence-corrected chi connectivity index (χ2v) is 7.42. The van der Waals surface area contributed by atoms with Crippen LogP contribution in [0.15, 0.2) is 66.7 Å². The largest absolute Gasteiger partial charge is 0.496 e. The van der Waals surface area contributed by atoms with Gasteiger partial charge in [-0.25, -0.2) is 0 Å². The minimum Gasteiger partial charge on any atom is -0.496 e. The minimum absolute atomic E-state index is 0.0277. The fourth-order valence-electron chi connectivity index (χ4n) is 3.18. The number of methoxy groups -OCH3 is 2. The number of anilines is 2. The molecule has 0 bridgehead atoms. The van der Waals surface area contributed by atoms with Crippen LogP contribution < -0.4 is 20.1 Å². The van der Waals surface area contributed by atoms with Crippen molar-refractivity contribution in [2.75, 3.05) is 31.5 Å². The van der Waals surface area contributed by atoms with E-state index < -0.39 is 18.5 Å². The van der Waals surface area contributed by atoms with Crippen molar-refractivity contribution in [1.29, 1.82) is 0 Å². The molecule has 0 unspecified atom stereocenters. The molecule has 0 aromatic heterocycles. The van der Waals surface area contributed by atoms with E-state index in [1.54, 1.807) is 55.6 Å². The molecule has 34 heavy (non-hydrogen) atoms. The molecule has 0 aliphatic rings. The van der Waals surface area contributed by atoms with Gasteiger partial charge in [-0.05, 0) is 60.5 Å². The zero-order valence-electron chi connectivity index (χ0n) is 19.2. The highest BCUT2D eigenvalue weighted by Gasteiger charge is 2.12. The molecule has 0 saturated carbocycles. The van der Waals surface area contributed by atoms with Crippen LogP contribution in [0.25, 0.3) is 0 Å². The predicted octanol–water partition coefficient (Wildman–Crippen LogP) is 3.99. The molecular formula is C26H26N2O6. The molecule has 0 saturated heterocycles. The monoisotopic (exact) mass is 462 g/mol. The maximum Gasteiger partial charge on any atom is 0.310 e. The first-order chi connectivity index (χ1) is 16.4. The summed E-state index contributed by atoms with van der Waals surface area (Å²) in [6.07, 6.45) is 0.0277. The van der Waals surface area contributed by atoms with E-state index in [0.29, 0.717) is 28.4 Å². The molecule has 0 radical (unpaired) electrons. The second-order valence-electron chi connectivity index (χ2n) is 7.42. The van der Waals surface area contributed by atoms with Gasteiger partial charge in [-0.3, -0.25) is 14.4 Å². The van der Waals surface area contributed by atoms with Gasteiger partial charge in [0.2, 0.25) is 0 Å². The zero-order chi connectivity index (χ0) is 24.5. The first-order valence-electron chi connectivity index (χ1n) is 10.5. The number of para-hydroxylation sites is 2. The predicted molar refractivity (Wildman–Crippen MR) is 128 cm³/mol. The van der Waals surface area contributed by atoms with Crippen molar-refractivity contribution >= 4 is 29.2 Å². The van der Waals surface area contributed by atoms with Crippen molar-refractivity contribution in [3.05, 3.63) is 83.4 Å². The van der Waals surface area contributed by atoms with Gasteiger partial charge in [-0.15, -0.1) is 0 Å². The van der Waals surface area contributed by atoms with Gasteiger partial charge in [0.25, 0.3) is 11.8 Å². The highest BCUT2D eigenvalue weighted by Crippen LogP contribution is 2.24. The van der Waals surface area contributed by atoms with Crippen LogP contribution in [0.1, 0.15) is 21.5 Å². The van der Waals surface area contributed by atoms with Crippen molar-refractivity contribution in [1.82, 2.24) is 0 Å². The highest BCUT2D eigenvalue weighted by molar-refractivity contribution is 6.05. The molecule has 2 amide bonds. The maximum atomic E-state index is 12.5. The molecule has 8 heteroatoms. The molecule has 3 aromatic rings. The summed E-state index contributed by atoms with van der Waals surface area (Å²) in [5.41, 5.74) is 3.12. The number of carbonyl (C=O) groups excluding carboxylic acids is 3. The fraction of sp³-hybridized carbons (Fsp3) is 0.192. The lowest BCUT2D eigenvalue weighted by Gasteiger charge is -2.11. The number of esters is 1. The Kier molecular flexibility index (Phi) is 8.23. The van der Waals surface area contributed by atoms with Crippen LogP contribution in [0.4, 0.5) is 11.4 Å². The van der Waals surface area contributed by atoms with E-state index in [1.165, 1.54) is 7.11 Å². The SMILES string of the molecule is COc1cc(CC(=O)OCC(=O)Nc2ccc(C(=O)Nc3ccccc3OC)cc2)ccc1C. The number of ether oxygens (including phenoxy) is 3. The van der Waals surface area contributed by atoms with Crippen molar-refractivity contribution in [3.8, 4) is 11.5 Å². The third-order valence-electron chi connectivity index (χ3n) is 4.97. The summed E-state index contributed by atoms with van der Waals surface area (Å²) in [6, 6.07) is 18.9. The van der Waals surface area contributed by atoms with Crippen LogP contribution in [-0.2, 0) is 20.7 Å². The third-order valence-corrected chi connectivity index (χ3v) is 4.97. The van der Waals surface area contributed by atoms with Crippen LogP contribution in [0.5, 0.6) is 11.5 Å². The zero-order valence-corrected chi connectivity index (χ0v) is 19.2. The Morgan fingerprint density at radius 3 is 2.24 bits per heavy atom. The Labute approximate surface area is 197 Å². The maximum absolute atomic E-state index is 12.5. The van der Waals surface area contributed by atoms with Crippen LogP contribution >= 0.6 is 0 Å². The quantitative estimate of drug-likeness (QED) is 0.466. The summed E-state index contributed by atoms with van der Waals surface area (Å²) in [4.78, 5) is 36.7. The summed E-state index contributed by atoms with van der Waals surface area (Å²) >= 11 is 0. The summed E-state index contributed by atoms with van der Waals surface area (Å²) in [6.45, 7) is 1.49. The summed E-state index contributed by atoms with van der Waals surface area (Å²) in [5, 5.41) is 5.42. The molecule has 8 nitrogen and oxygen atoms in total. The molecule has 0 spiro atoms. The van der Waals surface area contributed by atoms with Gasteiger partial charge in [-0.2, -0.15) is 0 Å². The average Bonchev–Trinajstić information content (AvgIpc) is 2.84. The first kappa shape index (κ1) is 24.3. The van der Waals surface area contributed by atoms with Crippen molar-refractivity contribution < 1.29 is 28.6 Å². The number of hydrogen-bond acceptors (Lipinski definition) is 6. The fourth-order valence-corrected chi connectivity index (χ4v) is 3.18. The van der Waals surface area contributed by atoms with Gasteiger partial charge in [0.05, 0.1) is 26.3 Å². The van der Waals surface area contributed by atoms with E-state index in [2.05, 4.69) is 10.6 Å². The molecule has 0 aliphatic carbocycles. The van der Waals surface area contributed by atoms with Crippen LogP contribution in [0.2, 0.25) is 0 Å². The first-order valence-corrected chi connectivity index (χ1v) is 10.5. The van der Waals surface area contributed by atoms with E-state index in [4.69, 9.17) is 14.2 Å². The van der Waals surface area contributed by atoms with Gasteiger partial charge < -0.3 is 24.8 Å². The number of carbonyl (C=O) groups is 3. The Bertz CT molecular complexity index is 1170. The number of aryl methyl sites for hydroxylation is 1. The summed E-state index contributed by atoms with van der Waals surface area (Å²) in [5.74, 6) is -0.0895. The molecule has 3 aromatic carbocycles. The van der Waals surface area contributed by atoms with E-state index in [9.17, 15) is 14.4 Å². The van der Waals surface area contributed by atoms with E-state index in [1.807, 2.05) is 25.1 Å². The summed E-state index contributed by atoms with van der Waals surface area (Å²) < 4.78 is 15.5. The molecule has 0 aliphatic heterocycles. The van der Waals surface area contributed by atoms with Gasteiger partial charge in [0.1, 0.15) is 11.5 Å². The Balaban J connectivity index is 1.48. The molecule has 176 valence electrons. The lowest BCUT2D eigenvalue weighted by atomic mass is 10.1. The minimum atomic E-state index is -0.524. The molecule has 3 rings (SSSR count). The molecule has 2 N–H and O–H groups in total. The molecule has 0 fully saturated rings. The van der Waals surface area contributed by atoms with Crippen molar-refractivity contribution in [2.45, 2.75) is 13.3 Å². The van der Waals surface area contributed by atoms with Gasteiger partial charge in [0, 0.05) is 11.3 Å². The molecular weight excluding hydrogens is 436 g/mol. The van der Waals surface area contributed by atoms with E-state index in [0.717, 1.165) is 11.1 Å². The number of rotatable bonds is 9. The molecule has 0 heterocycles. The van der Waals surface area contributed by atoms with Crippen LogP contribution in [-0.4, -0.2) is 38.6 Å². The van der Waals surface area contributed by atoms with Crippen molar-refractivity contribution in [3.63, 3.8) is 0 Å². The van der Waals surface area contributed by atoms with Crippen LogP contribution in [0, 0.1) is 6.92 Å². The Hall–Kier alpha value is -4.33. The van der Waals surface area contributed by atoms with Crippen molar-refractivity contribution in [2.24, 2.45) is 0 Å². The third kappa shape index (κ3) is 6.59. The Morgan fingerprint density at radius 1 is 0.824 bits per heavy atom. The summed E-state index contributed by atoms with van der Waals surface area (Å²) in [7, 11) is 3.09. The van der Waals surface area contributed by atoms with Gasteiger partial charge >= 0.3 is 5.97 Å². The smallest absolute Gasteiger partial charge is 0.310 e. The lowest BCUT2D eigenvalue weighted by Crippen LogP contribution is -2.21. The van der Waals surface area contributed by atoms with E-state index >= 15 is 0 Å². The number of amides is 2. The highest BCUT2D eigenvalue weighted by atomic mass is 16.5. The van der Waals surface area contributed by atoms with E-state index in [-0.39, 0.29) is 12.3 Å². The number of benzene rings is 3. The molecule has 0 atom stereocenters. The lowest BCUT2D eigenvalue weighted by molar-refractivity contribution is -0.146. The number of hydrogen-bond donors (Lipinski definition) is 2. The second kappa shape index (κ2) is 11.5. The topological polar surface area (TPSA) is 103 Å². The Morgan fingerprint density at radius 2 is 1.53 bits per heavy atom.